The van der Waals surface area contributed by atoms with Gasteiger partial charge in [-0.1, -0.05) is 18.6 Å². The molecule has 0 saturated heterocycles. The standard InChI is InChI=1S/C16H21F3N2O2.ClH/c1-10(21-15(22)14-7-3-5-12(14)9-20)11-4-2-6-13(8-11)23-16(17,18)19;/h2,4,6,8,10,12,14H,3,5,7,9,20H2,1H3,(H,21,22);1H/t10?,12-,14-;/m1./s1. The maximum atomic E-state index is 12.3. The van der Waals surface area contributed by atoms with Crippen LogP contribution in [0.1, 0.15) is 37.8 Å². The predicted molar refractivity (Wildman–Crippen MR) is 86.8 cm³/mol. The maximum absolute atomic E-state index is 12.3. The van der Waals surface area contributed by atoms with Gasteiger partial charge in [0.1, 0.15) is 5.75 Å². The second-order valence-electron chi connectivity index (χ2n) is 5.88. The molecule has 4 nitrogen and oxygen atoms in total. The number of carbonyl (C=O) groups is 1. The number of carbonyl (C=O) groups excluding carboxylic acids is 1. The van der Waals surface area contributed by atoms with Crippen molar-refractivity contribution in [2.75, 3.05) is 6.54 Å². The molecule has 1 amide bonds. The predicted octanol–water partition coefficient (Wildman–Crippen LogP) is 3.56. The first-order valence-corrected chi connectivity index (χ1v) is 7.66. The average molecular weight is 367 g/mol. The maximum Gasteiger partial charge on any atom is 0.573 e. The lowest BCUT2D eigenvalue weighted by Crippen LogP contribution is -2.36. The van der Waals surface area contributed by atoms with Gasteiger partial charge in [0.25, 0.3) is 0 Å². The molecule has 1 aromatic carbocycles. The van der Waals surface area contributed by atoms with Crippen LogP contribution in [0, 0.1) is 11.8 Å². The molecule has 0 heterocycles. The molecule has 136 valence electrons. The van der Waals surface area contributed by atoms with Gasteiger partial charge in [0.05, 0.1) is 6.04 Å². The zero-order valence-corrected chi connectivity index (χ0v) is 14.1. The van der Waals surface area contributed by atoms with Gasteiger partial charge in [-0.25, -0.2) is 0 Å². The molecule has 0 spiro atoms. The first-order valence-electron chi connectivity index (χ1n) is 7.66. The SMILES string of the molecule is CC(NC(=O)[C@@H]1CCC[C@@H]1CN)c1cccc(OC(F)(F)F)c1.Cl. The molecule has 8 heteroatoms. The molecule has 0 aromatic heterocycles. The zero-order chi connectivity index (χ0) is 17.0. The van der Waals surface area contributed by atoms with Crippen molar-refractivity contribution in [2.45, 2.75) is 38.6 Å². The first kappa shape index (κ1) is 20.6. The summed E-state index contributed by atoms with van der Waals surface area (Å²) in [6.45, 7) is 2.21. The van der Waals surface area contributed by atoms with Crippen molar-refractivity contribution in [3.05, 3.63) is 29.8 Å². The van der Waals surface area contributed by atoms with Gasteiger partial charge in [-0.2, -0.15) is 0 Å². The van der Waals surface area contributed by atoms with E-state index in [9.17, 15) is 18.0 Å². The van der Waals surface area contributed by atoms with E-state index in [0.717, 1.165) is 19.3 Å². The van der Waals surface area contributed by atoms with E-state index in [1.165, 1.54) is 18.2 Å². The van der Waals surface area contributed by atoms with Crippen LogP contribution in [0.25, 0.3) is 0 Å². The Balaban J connectivity index is 0.00000288. The van der Waals surface area contributed by atoms with E-state index in [2.05, 4.69) is 10.1 Å². The summed E-state index contributed by atoms with van der Waals surface area (Å²) in [5, 5.41) is 2.86. The van der Waals surface area contributed by atoms with Gasteiger partial charge in [0.2, 0.25) is 5.91 Å². The Morgan fingerprint density at radius 1 is 1.42 bits per heavy atom. The molecule has 3 atom stereocenters. The third-order valence-corrected chi connectivity index (χ3v) is 4.25. The van der Waals surface area contributed by atoms with Crippen molar-refractivity contribution in [1.29, 1.82) is 0 Å². The second kappa shape index (κ2) is 8.58. The molecule has 1 unspecified atom stereocenters. The van der Waals surface area contributed by atoms with Gasteiger partial charge < -0.3 is 15.8 Å². The fourth-order valence-electron chi connectivity index (χ4n) is 3.05. The number of hydrogen-bond acceptors (Lipinski definition) is 3. The van der Waals surface area contributed by atoms with Gasteiger partial charge in [-0.3, -0.25) is 4.79 Å². The summed E-state index contributed by atoms with van der Waals surface area (Å²) in [6.07, 6.45) is -2.01. The normalized spacial score (nSPS) is 21.7. The van der Waals surface area contributed by atoms with Gasteiger partial charge in [-0.05, 0) is 49.9 Å². The van der Waals surface area contributed by atoms with Crippen molar-refractivity contribution < 1.29 is 22.7 Å². The Hall–Kier alpha value is -1.47. The summed E-state index contributed by atoms with van der Waals surface area (Å²) in [6, 6.07) is 5.24. The third-order valence-electron chi connectivity index (χ3n) is 4.25. The molecule has 1 aromatic rings. The molecule has 1 saturated carbocycles. The number of nitrogens with two attached hydrogens (primary N) is 1. The highest BCUT2D eigenvalue weighted by Crippen LogP contribution is 2.32. The number of alkyl halides is 3. The minimum absolute atomic E-state index is 0. The topological polar surface area (TPSA) is 64.4 Å². The lowest BCUT2D eigenvalue weighted by molar-refractivity contribution is -0.274. The van der Waals surface area contributed by atoms with Crippen molar-refractivity contribution in [1.82, 2.24) is 5.32 Å². The second-order valence-corrected chi connectivity index (χ2v) is 5.88. The molecule has 24 heavy (non-hydrogen) atoms. The Morgan fingerprint density at radius 2 is 2.12 bits per heavy atom. The van der Waals surface area contributed by atoms with Crippen molar-refractivity contribution in [3.63, 3.8) is 0 Å². The summed E-state index contributed by atoms with van der Waals surface area (Å²) in [4.78, 5) is 12.3. The minimum Gasteiger partial charge on any atom is -0.406 e. The Labute approximate surface area is 145 Å². The zero-order valence-electron chi connectivity index (χ0n) is 13.3. The summed E-state index contributed by atoms with van der Waals surface area (Å²) >= 11 is 0. The minimum atomic E-state index is -4.73. The smallest absolute Gasteiger partial charge is 0.406 e. The number of halogens is 4. The van der Waals surface area contributed by atoms with Gasteiger partial charge in [-0.15, -0.1) is 25.6 Å². The highest BCUT2D eigenvalue weighted by atomic mass is 35.5. The van der Waals surface area contributed by atoms with Crippen LogP contribution in [0.3, 0.4) is 0 Å². The molecule has 1 aliphatic carbocycles. The van der Waals surface area contributed by atoms with Crippen LogP contribution in [0.15, 0.2) is 24.3 Å². The van der Waals surface area contributed by atoms with Crippen LogP contribution < -0.4 is 15.8 Å². The van der Waals surface area contributed by atoms with E-state index in [1.807, 2.05) is 0 Å². The molecule has 3 N–H and O–H groups in total. The van der Waals surface area contributed by atoms with Crippen molar-refractivity contribution >= 4 is 18.3 Å². The number of benzene rings is 1. The molecule has 0 bridgehead atoms. The van der Waals surface area contributed by atoms with E-state index in [1.54, 1.807) is 13.0 Å². The van der Waals surface area contributed by atoms with Crippen LogP contribution in [0.5, 0.6) is 5.75 Å². The summed E-state index contributed by atoms with van der Waals surface area (Å²) in [7, 11) is 0. The van der Waals surface area contributed by atoms with Crippen LogP contribution in [-0.4, -0.2) is 18.8 Å². The quantitative estimate of drug-likeness (QED) is 0.837. The summed E-state index contributed by atoms with van der Waals surface area (Å²) < 4.78 is 40.7. The lowest BCUT2D eigenvalue weighted by atomic mass is 9.94. The first-order chi connectivity index (χ1) is 10.8. The molecule has 2 rings (SSSR count). The molecule has 1 fully saturated rings. The fourth-order valence-corrected chi connectivity index (χ4v) is 3.05. The molecule has 0 aliphatic heterocycles. The molecule has 1 aliphatic rings. The number of rotatable bonds is 5. The van der Waals surface area contributed by atoms with Crippen molar-refractivity contribution in [2.24, 2.45) is 17.6 Å². The van der Waals surface area contributed by atoms with E-state index in [-0.39, 0.29) is 35.9 Å². The fraction of sp³-hybridized carbons (Fsp3) is 0.562. The number of nitrogens with one attached hydrogen (secondary N) is 1. The van der Waals surface area contributed by atoms with Gasteiger partial charge in [0, 0.05) is 5.92 Å². The Bertz CT molecular complexity index is 554. The van der Waals surface area contributed by atoms with Crippen LogP contribution in [0.2, 0.25) is 0 Å². The van der Waals surface area contributed by atoms with Crippen molar-refractivity contribution in [3.8, 4) is 5.75 Å². The van der Waals surface area contributed by atoms with Gasteiger partial charge >= 0.3 is 6.36 Å². The summed E-state index contributed by atoms with van der Waals surface area (Å²) in [5.41, 5.74) is 6.24. The third kappa shape index (κ3) is 5.56. The Morgan fingerprint density at radius 3 is 2.75 bits per heavy atom. The van der Waals surface area contributed by atoms with Gasteiger partial charge in [0.15, 0.2) is 0 Å². The number of hydrogen-bond donors (Lipinski definition) is 2. The van der Waals surface area contributed by atoms with E-state index < -0.39 is 12.4 Å². The monoisotopic (exact) mass is 366 g/mol. The number of ether oxygens (including phenoxy) is 1. The Kier molecular flexibility index (Phi) is 7.35. The largest absolute Gasteiger partial charge is 0.573 e. The van der Waals surface area contributed by atoms with E-state index >= 15 is 0 Å². The highest BCUT2D eigenvalue weighted by Gasteiger charge is 2.33. The molecule has 0 radical (unpaired) electrons. The van der Waals surface area contributed by atoms with E-state index in [0.29, 0.717) is 12.1 Å². The molecular weight excluding hydrogens is 345 g/mol. The highest BCUT2D eigenvalue weighted by molar-refractivity contribution is 5.85. The summed E-state index contributed by atoms with van der Waals surface area (Å²) in [5.74, 6) is -0.316. The van der Waals surface area contributed by atoms with E-state index in [4.69, 9.17) is 5.73 Å². The lowest BCUT2D eigenvalue weighted by Gasteiger charge is -2.21. The number of amides is 1. The molecular formula is C16H22ClF3N2O2. The average Bonchev–Trinajstić information content (AvgIpc) is 2.94. The van der Waals surface area contributed by atoms with Crippen LogP contribution in [0.4, 0.5) is 13.2 Å². The van der Waals surface area contributed by atoms with Crippen LogP contribution in [-0.2, 0) is 4.79 Å². The van der Waals surface area contributed by atoms with Crippen LogP contribution >= 0.6 is 12.4 Å².